The maximum atomic E-state index is 5.60. The van der Waals surface area contributed by atoms with Gasteiger partial charge in [-0.2, -0.15) is 0 Å². The van der Waals surface area contributed by atoms with Gasteiger partial charge in [0.25, 0.3) is 0 Å². The smallest absolute Gasteiger partial charge is 0.119 e. The van der Waals surface area contributed by atoms with Gasteiger partial charge < -0.3 is 10.1 Å². The quantitative estimate of drug-likeness (QED) is 0.802. The molecule has 0 radical (unpaired) electrons. The first-order valence-corrected chi connectivity index (χ1v) is 8.06. The molecule has 1 unspecified atom stereocenters. The molecule has 0 saturated heterocycles. The van der Waals surface area contributed by atoms with E-state index in [9.17, 15) is 0 Å². The zero-order valence-electron chi connectivity index (χ0n) is 12.1. The van der Waals surface area contributed by atoms with Crippen LogP contribution in [0.5, 0.6) is 5.75 Å². The third-order valence-corrected chi connectivity index (χ3v) is 3.88. The molecule has 0 spiro atoms. The van der Waals surface area contributed by atoms with Crippen LogP contribution in [0.1, 0.15) is 36.9 Å². The third kappa shape index (κ3) is 4.32. The van der Waals surface area contributed by atoms with E-state index in [2.05, 4.69) is 35.4 Å². The standard InChI is InChI=1S/C16H22N2OS/c1-3-8-17-15(12-16-18-9-10-20-16)13-6-5-7-14(11-13)19-4-2/h5-7,9-11,15,17H,3-4,8,12H2,1-2H3. The largest absolute Gasteiger partial charge is 0.494 e. The Morgan fingerprint density at radius 1 is 1.35 bits per heavy atom. The fourth-order valence-corrected chi connectivity index (χ4v) is 2.81. The van der Waals surface area contributed by atoms with E-state index in [1.54, 1.807) is 11.3 Å². The van der Waals surface area contributed by atoms with Gasteiger partial charge >= 0.3 is 0 Å². The predicted octanol–water partition coefficient (Wildman–Crippen LogP) is 3.83. The highest BCUT2D eigenvalue weighted by Crippen LogP contribution is 2.23. The second kappa shape index (κ2) is 8.02. The molecule has 1 atom stereocenters. The molecule has 0 saturated carbocycles. The number of aromatic nitrogens is 1. The van der Waals surface area contributed by atoms with Crippen molar-refractivity contribution in [2.24, 2.45) is 0 Å². The SMILES string of the molecule is CCCNC(Cc1nccs1)c1cccc(OCC)c1. The molecule has 2 aromatic rings. The van der Waals surface area contributed by atoms with Crippen LogP contribution in [0.2, 0.25) is 0 Å². The lowest BCUT2D eigenvalue weighted by Gasteiger charge is -2.18. The van der Waals surface area contributed by atoms with Crippen molar-refractivity contribution in [1.29, 1.82) is 0 Å². The zero-order valence-corrected chi connectivity index (χ0v) is 13.0. The normalized spacial score (nSPS) is 12.3. The van der Waals surface area contributed by atoms with Crippen LogP contribution in [0.15, 0.2) is 35.8 Å². The highest BCUT2D eigenvalue weighted by Gasteiger charge is 2.13. The lowest BCUT2D eigenvalue weighted by atomic mass is 10.0. The van der Waals surface area contributed by atoms with Crippen LogP contribution >= 0.6 is 11.3 Å². The first kappa shape index (κ1) is 15.0. The van der Waals surface area contributed by atoms with Gasteiger partial charge in [0.2, 0.25) is 0 Å². The Labute approximate surface area is 125 Å². The lowest BCUT2D eigenvalue weighted by Crippen LogP contribution is -2.24. The van der Waals surface area contributed by atoms with Gasteiger partial charge in [-0.05, 0) is 37.6 Å². The van der Waals surface area contributed by atoms with Gasteiger partial charge in [-0.15, -0.1) is 11.3 Å². The van der Waals surface area contributed by atoms with E-state index in [1.807, 2.05) is 24.6 Å². The van der Waals surface area contributed by atoms with Crippen molar-refractivity contribution in [2.75, 3.05) is 13.2 Å². The molecule has 1 aromatic carbocycles. The molecule has 108 valence electrons. The first-order valence-electron chi connectivity index (χ1n) is 7.18. The summed E-state index contributed by atoms with van der Waals surface area (Å²) in [5, 5.41) is 6.80. The molecule has 0 fully saturated rings. The van der Waals surface area contributed by atoms with E-state index in [0.29, 0.717) is 12.6 Å². The summed E-state index contributed by atoms with van der Waals surface area (Å²) >= 11 is 1.71. The number of benzene rings is 1. The Hall–Kier alpha value is -1.39. The summed E-state index contributed by atoms with van der Waals surface area (Å²) in [6.07, 6.45) is 3.92. The van der Waals surface area contributed by atoms with E-state index in [0.717, 1.165) is 25.1 Å². The fourth-order valence-electron chi connectivity index (χ4n) is 2.14. The number of ether oxygens (including phenoxy) is 1. The average Bonchev–Trinajstić information content (AvgIpc) is 2.97. The van der Waals surface area contributed by atoms with E-state index in [1.165, 1.54) is 10.6 Å². The molecule has 3 nitrogen and oxygen atoms in total. The van der Waals surface area contributed by atoms with Crippen molar-refractivity contribution in [3.63, 3.8) is 0 Å². The van der Waals surface area contributed by atoms with E-state index in [-0.39, 0.29) is 0 Å². The number of thiazole rings is 1. The van der Waals surface area contributed by atoms with E-state index >= 15 is 0 Å². The Morgan fingerprint density at radius 3 is 2.95 bits per heavy atom. The van der Waals surface area contributed by atoms with Crippen molar-refractivity contribution in [1.82, 2.24) is 10.3 Å². The highest BCUT2D eigenvalue weighted by molar-refractivity contribution is 7.09. The molecule has 0 bridgehead atoms. The summed E-state index contributed by atoms with van der Waals surface area (Å²) in [5.74, 6) is 0.937. The summed E-state index contributed by atoms with van der Waals surface area (Å²) in [7, 11) is 0. The molecular formula is C16H22N2OS. The predicted molar refractivity (Wildman–Crippen MR) is 84.5 cm³/mol. The molecule has 1 aromatic heterocycles. The van der Waals surface area contributed by atoms with Crippen LogP contribution in [0.4, 0.5) is 0 Å². The van der Waals surface area contributed by atoms with Crippen molar-refractivity contribution in [3.8, 4) is 5.75 Å². The van der Waals surface area contributed by atoms with Crippen LogP contribution < -0.4 is 10.1 Å². The second-order valence-electron chi connectivity index (χ2n) is 4.64. The van der Waals surface area contributed by atoms with Gasteiger partial charge in [-0.1, -0.05) is 19.1 Å². The summed E-state index contributed by atoms with van der Waals surface area (Å²) in [4.78, 5) is 4.40. The Kier molecular flexibility index (Phi) is 6.02. The number of hydrogen-bond donors (Lipinski definition) is 1. The Morgan fingerprint density at radius 2 is 2.25 bits per heavy atom. The van der Waals surface area contributed by atoms with Crippen molar-refractivity contribution in [2.45, 2.75) is 32.7 Å². The van der Waals surface area contributed by atoms with Crippen LogP contribution in [-0.2, 0) is 6.42 Å². The molecule has 20 heavy (non-hydrogen) atoms. The van der Waals surface area contributed by atoms with E-state index in [4.69, 9.17) is 4.74 Å². The van der Waals surface area contributed by atoms with Crippen molar-refractivity contribution < 1.29 is 4.74 Å². The summed E-state index contributed by atoms with van der Waals surface area (Å²) in [6.45, 7) is 5.90. The minimum atomic E-state index is 0.293. The maximum Gasteiger partial charge on any atom is 0.119 e. The molecule has 2 rings (SSSR count). The molecular weight excluding hydrogens is 268 g/mol. The monoisotopic (exact) mass is 290 g/mol. The van der Waals surface area contributed by atoms with Gasteiger partial charge in [0.15, 0.2) is 0 Å². The topological polar surface area (TPSA) is 34.2 Å². The zero-order chi connectivity index (χ0) is 14.2. The molecule has 0 aliphatic heterocycles. The van der Waals surface area contributed by atoms with Crippen LogP contribution in [-0.4, -0.2) is 18.1 Å². The minimum absolute atomic E-state index is 0.293. The van der Waals surface area contributed by atoms with Gasteiger partial charge in [-0.3, -0.25) is 0 Å². The molecule has 0 aliphatic carbocycles. The summed E-state index contributed by atoms with van der Waals surface area (Å²) in [5.41, 5.74) is 1.26. The summed E-state index contributed by atoms with van der Waals surface area (Å²) < 4.78 is 5.60. The van der Waals surface area contributed by atoms with Crippen molar-refractivity contribution >= 4 is 11.3 Å². The minimum Gasteiger partial charge on any atom is -0.494 e. The number of nitrogens with one attached hydrogen (secondary N) is 1. The highest BCUT2D eigenvalue weighted by atomic mass is 32.1. The molecule has 0 amide bonds. The molecule has 0 aliphatic rings. The third-order valence-electron chi connectivity index (χ3n) is 3.07. The second-order valence-corrected chi connectivity index (χ2v) is 5.62. The lowest BCUT2D eigenvalue weighted by molar-refractivity contribution is 0.339. The van der Waals surface area contributed by atoms with Crippen LogP contribution in [0, 0.1) is 0 Å². The maximum absolute atomic E-state index is 5.60. The Balaban J connectivity index is 2.14. The average molecular weight is 290 g/mol. The fraction of sp³-hybridized carbons (Fsp3) is 0.438. The van der Waals surface area contributed by atoms with Gasteiger partial charge in [0.1, 0.15) is 5.75 Å². The van der Waals surface area contributed by atoms with Gasteiger partial charge in [-0.25, -0.2) is 4.98 Å². The summed E-state index contributed by atoms with van der Waals surface area (Å²) in [6, 6.07) is 8.64. The molecule has 1 N–H and O–H groups in total. The first-order chi connectivity index (χ1) is 9.83. The van der Waals surface area contributed by atoms with Gasteiger partial charge in [0.05, 0.1) is 11.6 Å². The Bertz CT molecular complexity index is 499. The number of hydrogen-bond acceptors (Lipinski definition) is 4. The van der Waals surface area contributed by atoms with Crippen LogP contribution in [0.3, 0.4) is 0 Å². The molecule has 1 heterocycles. The number of nitrogens with zero attached hydrogens (tertiary/aromatic N) is 1. The van der Waals surface area contributed by atoms with Crippen molar-refractivity contribution in [3.05, 3.63) is 46.4 Å². The van der Waals surface area contributed by atoms with E-state index < -0.39 is 0 Å². The number of rotatable bonds is 8. The van der Waals surface area contributed by atoms with Gasteiger partial charge in [0, 0.05) is 24.0 Å². The van der Waals surface area contributed by atoms with Crippen LogP contribution in [0.25, 0.3) is 0 Å². The molecule has 4 heteroatoms.